The smallest absolute Gasteiger partial charge is 0.237 e. The lowest BCUT2D eigenvalue weighted by Crippen LogP contribution is -2.56. The second kappa shape index (κ2) is 9.67. The van der Waals surface area contributed by atoms with Crippen LogP contribution in [0.2, 0.25) is 0 Å². The predicted octanol–water partition coefficient (Wildman–Crippen LogP) is 1.95. The van der Waals surface area contributed by atoms with E-state index in [2.05, 4.69) is 5.32 Å². The lowest BCUT2D eigenvalue weighted by atomic mass is 10.1. The average molecular weight is 415 g/mol. The van der Waals surface area contributed by atoms with Crippen molar-refractivity contribution in [3.05, 3.63) is 47.4 Å². The van der Waals surface area contributed by atoms with Crippen molar-refractivity contribution >= 4 is 11.8 Å². The molecule has 0 saturated carbocycles. The number of ether oxygens (including phenoxy) is 2. The van der Waals surface area contributed by atoms with Gasteiger partial charge in [0, 0.05) is 32.7 Å². The molecule has 1 saturated heterocycles. The first-order chi connectivity index (χ1) is 14.4. The molecule has 2 aromatic rings. The van der Waals surface area contributed by atoms with Crippen LogP contribution in [-0.4, -0.2) is 62.0 Å². The van der Waals surface area contributed by atoms with Gasteiger partial charge in [0.1, 0.15) is 23.0 Å². The minimum Gasteiger partial charge on any atom is -0.497 e. The van der Waals surface area contributed by atoms with Crippen molar-refractivity contribution in [2.75, 3.05) is 34.4 Å². The molecule has 1 atom stereocenters. The van der Waals surface area contributed by atoms with Gasteiger partial charge in [0.05, 0.1) is 33.2 Å². The van der Waals surface area contributed by atoms with Gasteiger partial charge in [-0.2, -0.15) is 0 Å². The third-order valence-corrected chi connectivity index (χ3v) is 5.22. The number of hydrogen-bond donors (Lipinski definition) is 1. The summed E-state index contributed by atoms with van der Waals surface area (Å²) in [5.41, 5.74) is 0.956. The van der Waals surface area contributed by atoms with E-state index in [1.165, 1.54) is 0 Å². The Hall–Kier alpha value is -3.00. The molecular formula is C22H29N3O5. The number of furan rings is 1. The van der Waals surface area contributed by atoms with E-state index in [0.29, 0.717) is 37.7 Å². The summed E-state index contributed by atoms with van der Waals surface area (Å²) >= 11 is 0. The van der Waals surface area contributed by atoms with Crippen molar-refractivity contribution in [1.82, 2.24) is 15.1 Å². The highest BCUT2D eigenvalue weighted by Gasteiger charge is 2.32. The van der Waals surface area contributed by atoms with Crippen LogP contribution in [0, 0.1) is 6.92 Å². The maximum absolute atomic E-state index is 12.8. The molecule has 30 heavy (non-hydrogen) atoms. The van der Waals surface area contributed by atoms with Crippen molar-refractivity contribution in [2.45, 2.75) is 32.5 Å². The Morgan fingerprint density at radius 3 is 2.53 bits per heavy atom. The van der Waals surface area contributed by atoms with Gasteiger partial charge in [-0.15, -0.1) is 0 Å². The number of amides is 2. The standard InChI is InChI=1S/C22H29N3O5/c1-15-5-6-17(30-15)14-24(2)21(26)12-20-22(27)23-7-8-25(20)13-16-9-18(28-3)11-19(10-16)29-4/h5-6,9-11,20H,7-8,12-14H2,1-4H3,(H,23,27). The highest BCUT2D eigenvalue weighted by molar-refractivity contribution is 5.88. The number of carbonyl (C=O) groups excluding carboxylic acids is 2. The zero-order chi connectivity index (χ0) is 21.7. The SMILES string of the molecule is COc1cc(CN2CCNC(=O)C2CC(=O)N(C)Cc2ccc(C)o2)cc(OC)c1. The van der Waals surface area contributed by atoms with Crippen LogP contribution in [0.25, 0.3) is 0 Å². The molecule has 1 aromatic heterocycles. The number of aryl methyl sites for hydroxylation is 1. The molecule has 2 amide bonds. The van der Waals surface area contributed by atoms with Gasteiger partial charge in [-0.3, -0.25) is 14.5 Å². The third-order valence-electron chi connectivity index (χ3n) is 5.22. The van der Waals surface area contributed by atoms with E-state index >= 15 is 0 Å². The van der Waals surface area contributed by atoms with Crippen LogP contribution >= 0.6 is 0 Å². The molecule has 0 aliphatic carbocycles. The van der Waals surface area contributed by atoms with Crippen LogP contribution in [-0.2, 0) is 22.7 Å². The quantitative estimate of drug-likeness (QED) is 0.710. The number of methoxy groups -OCH3 is 2. The largest absolute Gasteiger partial charge is 0.497 e. The predicted molar refractivity (Wildman–Crippen MR) is 111 cm³/mol. The fraction of sp³-hybridized carbons (Fsp3) is 0.455. The monoisotopic (exact) mass is 415 g/mol. The summed E-state index contributed by atoms with van der Waals surface area (Å²) in [5, 5.41) is 2.87. The number of nitrogens with one attached hydrogen (secondary N) is 1. The first kappa shape index (κ1) is 21.7. The van der Waals surface area contributed by atoms with E-state index in [9.17, 15) is 9.59 Å². The van der Waals surface area contributed by atoms with Crippen molar-refractivity contribution < 1.29 is 23.5 Å². The average Bonchev–Trinajstić information content (AvgIpc) is 3.14. The second-order valence-electron chi connectivity index (χ2n) is 7.46. The summed E-state index contributed by atoms with van der Waals surface area (Å²) in [6.45, 7) is 3.95. The number of rotatable bonds is 8. The molecule has 0 bridgehead atoms. The van der Waals surface area contributed by atoms with E-state index < -0.39 is 6.04 Å². The van der Waals surface area contributed by atoms with E-state index in [4.69, 9.17) is 13.9 Å². The van der Waals surface area contributed by atoms with Crippen molar-refractivity contribution in [3.63, 3.8) is 0 Å². The van der Waals surface area contributed by atoms with Gasteiger partial charge < -0.3 is 24.1 Å². The summed E-state index contributed by atoms with van der Waals surface area (Å²) in [4.78, 5) is 29.0. The molecule has 1 aromatic carbocycles. The highest BCUT2D eigenvalue weighted by atomic mass is 16.5. The van der Waals surface area contributed by atoms with Gasteiger partial charge in [0.2, 0.25) is 11.8 Å². The Morgan fingerprint density at radius 1 is 1.23 bits per heavy atom. The lowest BCUT2D eigenvalue weighted by molar-refractivity contribution is -0.138. The number of carbonyl (C=O) groups is 2. The molecule has 1 aliphatic rings. The third kappa shape index (κ3) is 5.33. The Kier molecular flexibility index (Phi) is 6.99. The number of hydrogen-bond acceptors (Lipinski definition) is 6. The molecule has 0 radical (unpaired) electrons. The summed E-state index contributed by atoms with van der Waals surface area (Å²) in [7, 11) is 4.92. The fourth-order valence-corrected chi connectivity index (χ4v) is 3.58. The van der Waals surface area contributed by atoms with Crippen molar-refractivity contribution in [1.29, 1.82) is 0 Å². The summed E-state index contributed by atoms with van der Waals surface area (Å²) in [6, 6.07) is 8.82. The molecule has 8 nitrogen and oxygen atoms in total. The second-order valence-corrected chi connectivity index (χ2v) is 7.46. The Morgan fingerprint density at radius 2 is 1.93 bits per heavy atom. The molecule has 0 spiro atoms. The van der Waals surface area contributed by atoms with E-state index in [0.717, 1.165) is 17.1 Å². The molecule has 162 valence electrons. The zero-order valence-electron chi connectivity index (χ0n) is 17.9. The van der Waals surface area contributed by atoms with Crippen LogP contribution in [0.3, 0.4) is 0 Å². The van der Waals surface area contributed by atoms with E-state index in [1.54, 1.807) is 32.2 Å². The van der Waals surface area contributed by atoms with Gasteiger partial charge >= 0.3 is 0 Å². The van der Waals surface area contributed by atoms with Gasteiger partial charge in [0.15, 0.2) is 0 Å². The van der Waals surface area contributed by atoms with Crippen LogP contribution in [0.1, 0.15) is 23.5 Å². The molecule has 1 N–H and O–H groups in total. The number of benzene rings is 1. The van der Waals surface area contributed by atoms with Gasteiger partial charge in [-0.05, 0) is 36.8 Å². The van der Waals surface area contributed by atoms with Crippen LogP contribution < -0.4 is 14.8 Å². The Balaban J connectivity index is 1.70. The fourth-order valence-electron chi connectivity index (χ4n) is 3.58. The van der Waals surface area contributed by atoms with Gasteiger partial charge in [0.25, 0.3) is 0 Å². The summed E-state index contributed by atoms with van der Waals surface area (Å²) < 4.78 is 16.2. The molecule has 1 aliphatic heterocycles. The minimum atomic E-state index is -0.538. The maximum atomic E-state index is 12.8. The Labute approximate surface area is 176 Å². The molecule has 3 rings (SSSR count). The molecule has 1 unspecified atom stereocenters. The topological polar surface area (TPSA) is 84.3 Å². The first-order valence-corrected chi connectivity index (χ1v) is 9.92. The van der Waals surface area contributed by atoms with Crippen LogP contribution in [0.15, 0.2) is 34.7 Å². The Bertz CT molecular complexity index is 872. The van der Waals surface area contributed by atoms with E-state index in [1.807, 2.05) is 36.1 Å². The molecule has 8 heteroatoms. The number of nitrogens with zero attached hydrogens (tertiary/aromatic N) is 2. The molecule has 2 heterocycles. The number of piperazine rings is 1. The van der Waals surface area contributed by atoms with Crippen LogP contribution in [0.5, 0.6) is 11.5 Å². The normalized spacial score (nSPS) is 16.8. The van der Waals surface area contributed by atoms with Gasteiger partial charge in [-0.25, -0.2) is 0 Å². The van der Waals surface area contributed by atoms with E-state index in [-0.39, 0.29) is 18.2 Å². The van der Waals surface area contributed by atoms with Gasteiger partial charge in [-0.1, -0.05) is 0 Å². The summed E-state index contributed by atoms with van der Waals surface area (Å²) in [5.74, 6) is 2.65. The van der Waals surface area contributed by atoms with Crippen molar-refractivity contribution in [3.8, 4) is 11.5 Å². The maximum Gasteiger partial charge on any atom is 0.237 e. The molecular weight excluding hydrogens is 386 g/mol. The minimum absolute atomic E-state index is 0.100. The summed E-state index contributed by atoms with van der Waals surface area (Å²) in [6.07, 6.45) is 0.100. The van der Waals surface area contributed by atoms with Crippen molar-refractivity contribution in [2.24, 2.45) is 0 Å². The zero-order valence-corrected chi connectivity index (χ0v) is 17.9. The lowest BCUT2D eigenvalue weighted by Gasteiger charge is -2.35. The molecule has 1 fully saturated rings. The first-order valence-electron chi connectivity index (χ1n) is 9.92. The van der Waals surface area contributed by atoms with Crippen LogP contribution in [0.4, 0.5) is 0 Å². The highest BCUT2D eigenvalue weighted by Crippen LogP contribution is 2.25.